The standard InChI is InChI=1S/C25H17Cl2N3O6/c26-14-3-6-18-19(9-14)29-23(12-28-18)30-24(31)13-1-4-15(5-2-13)35-22-11-21-16(10-17(22)27)20(7-8-34-21)36-25(32)33/h1-6,9-12,20H,7-8H2,(H,32,33)(H,29,30,31). The second kappa shape index (κ2) is 9.88. The Kier molecular flexibility index (Phi) is 6.49. The number of anilines is 1. The Bertz CT molecular complexity index is 1480. The number of carboxylic acid groups (broad SMARTS) is 1. The van der Waals surface area contributed by atoms with Gasteiger partial charge in [0.15, 0.2) is 5.82 Å². The number of ether oxygens (including phenoxy) is 3. The fourth-order valence-corrected chi connectivity index (χ4v) is 4.09. The van der Waals surface area contributed by atoms with Crippen LogP contribution < -0.4 is 14.8 Å². The van der Waals surface area contributed by atoms with Crippen LogP contribution in [0.4, 0.5) is 10.6 Å². The summed E-state index contributed by atoms with van der Waals surface area (Å²) in [5.41, 5.74) is 2.14. The molecule has 0 saturated carbocycles. The van der Waals surface area contributed by atoms with Crippen molar-refractivity contribution < 1.29 is 28.9 Å². The Hall–Kier alpha value is -4.08. The zero-order chi connectivity index (χ0) is 25.2. The van der Waals surface area contributed by atoms with Crippen LogP contribution in [0.2, 0.25) is 10.0 Å². The smallest absolute Gasteiger partial charge is 0.493 e. The molecule has 2 heterocycles. The number of carbonyl (C=O) groups is 2. The highest BCUT2D eigenvalue weighted by Crippen LogP contribution is 2.42. The van der Waals surface area contributed by atoms with Crippen LogP contribution in [0.5, 0.6) is 17.2 Å². The first-order chi connectivity index (χ1) is 17.4. The number of hydrogen-bond acceptors (Lipinski definition) is 7. The van der Waals surface area contributed by atoms with Crippen molar-refractivity contribution in [3.8, 4) is 17.2 Å². The first kappa shape index (κ1) is 23.7. The Labute approximate surface area is 214 Å². The third-order valence-corrected chi connectivity index (χ3v) is 5.91. The van der Waals surface area contributed by atoms with E-state index in [-0.39, 0.29) is 10.9 Å². The first-order valence-electron chi connectivity index (χ1n) is 10.7. The van der Waals surface area contributed by atoms with Crippen molar-refractivity contribution >= 4 is 52.1 Å². The third-order valence-electron chi connectivity index (χ3n) is 5.38. The lowest BCUT2D eigenvalue weighted by Crippen LogP contribution is -2.18. The molecule has 0 bridgehead atoms. The summed E-state index contributed by atoms with van der Waals surface area (Å²) in [7, 11) is 0. The molecule has 182 valence electrons. The number of halogens is 2. The molecular weight excluding hydrogens is 509 g/mol. The largest absolute Gasteiger partial charge is 0.506 e. The van der Waals surface area contributed by atoms with Gasteiger partial charge in [-0.05, 0) is 48.5 Å². The van der Waals surface area contributed by atoms with Gasteiger partial charge in [-0.3, -0.25) is 9.78 Å². The molecule has 2 N–H and O–H groups in total. The average molecular weight is 526 g/mol. The van der Waals surface area contributed by atoms with Gasteiger partial charge < -0.3 is 24.6 Å². The van der Waals surface area contributed by atoms with E-state index in [1.807, 2.05) is 0 Å². The van der Waals surface area contributed by atoms with Gasteiger partial charge in [-0.2, -0.15) is 0 Å². The second-order valence-corrected chi connectivity index (χ2v) is 8.64. The molecular formula is C25H17Cl2N3O6. The van der Waals surface area contributed by atoms with Crippen LogP contribution in [0.25, 0.3) is 11.0 Å². The summed E-state index contributed by atoms with van der Waals surface area (Å²) in [5, 5.41) is 12.4. The number of rotatable bonds is 5. The predicted molar refractivity (Wildman–Crippen MR) is 132 cm³/mol. The van der Waals surface area contributed by atoms with Crippen molar-refractivity contribution in [3.05, 3.63) is 82.0 Å². The summed E-state index contributed by atoms with van der Waals surface area (Å²) in [4.78, 5) is 32.3. The Balaban J connectivity index is 1.29. The molecule has 1 aromatic heterocycles. The van der Waals surface area contributed by atoms with Crippen LogP contribution in [-0.2, 0) is 4.74 Å². The zero-order valence-corrected chi connectivity index (χ0v) is 19.9. The minimum Gasteiger partial charge on any atom is -0.493 e. The van der Waals surface area contributed by atoms with E-state index in [1.54, 1.807) is 54.6 Å². The lowest BCUT2D eigenvalue weighted by molar-refractivity contribution is 0.0326. The van der Waals surface area contributed by atoms with Crippen molar-refractivity contribution in [3.63, 3.8) is 0 Å². The van der Waals surface area contributed by atoms with E-state index in [2.05, 4.69) is 15.3 Å². The van der Waals surface area contributed by atoms with Crippen LogP contribution in [0.15, 0.2) is 60.8 Å². The number of amides is 1. The normalized spacial score (nSPS) is 14.4. The molecule has 1 atom stereocenters. The molecule has 0 spiro atoms. The summed E-state index contributed by atoms with van der Waals surface area (Å²) < 4.78 is 16.4. The Morgan fingerprint density at radius 1 is 1.06 bits per heavy atom. The molecule has 36 heavy (non-hydrogen) atoms. The number of nitrogens with one attached hydrogen (secondary N) is 1. The van der Waals surface area contributed by atoms with Crippen molar-refractivity contribution in [2.75, 3.05) is 11.9 Å². The van der Waals surface area contributed by atoms with Crippen molar-refractivity contribution in [1.29, 1.82) is 0 Å². The minimum absolute atomic E-state index is 0.259. The fourth-order valence-electron chi connectivity index (χ4n) is 3.72. The molecule has 0 aliphatic carbocycles. The fraction of sp³-hybridized carbons (Fsp3) is 0.120. The number of hydrogen-bond donors (Lipinski definition) is 2. The van der Waals surface area contributed by atoms with E-state index in [4.69, 9.17) is 42.5 Å². The molecule has 0 radical (unpaired) electrons. The van der Waals surface area contributed by atoms with E-state index < -0.39 is 12.3 Å². The Morgan fingerprint density at radius 3 is 2.64 bits per heavy atom. The van der Waals surface area contributed by atoms with Crippen LogP contribution in [0.3, 0.4) is 0 Å². The third kappa shape index (κ3) is 5.12. The molecule has 0 saturated heterocycles. The summed E-state index contributed by atoms with van der Waals surface area (Å²) in [6, 6.07) is 14.7. The maximum Gasteiger partial charge on any atom is 0.506 e. The number of carbonyl (C=O) groups excluding carboxylic acids is 1. The predicted octanol–water partition coefficient (Wildman–Crippen LogP) is 6.50. The lowest BCUT2D eigenvalue weighted by Gasteiger charge is -2.25. The highest BCUT2D eigenvalue weighted by molar-refractivity contribution is 6.32. The summed E-state index contributed by atoms with van der Waals surface area (Å²) in [6.45, 7) is 0.296. The van der Waals surface area contributed by atoms with Gasteiger partial charge >= 0.3 is 6.16 Å². The van der Waals surface area contributed by atoms with E-state index >= 15 is 0 Å². The van der Waals surface area contributed by atoms with Crippen LogP contribution in [0, 0.1) is 0 Å². The van der Waals surface area contributed by atoms with Crippen molar-refractivity contribution in [1.82, 2.24) is 9.97 Å². The second-order valence-electron chi connectivity index (χ2n) is 7.80. The molecule has 1 unspecified atom stereocenters. The molecule has 3 aromatic carbocycles. The number of benzene rings is 3. The SMILES string of the molecule is O=C(O)OC1CCOc2cc(Oc3ccc(C(=O)Nc4cnc5ccc(Cl)cc5n4)cc3)c(Cl)cc21. The minimum atomic E-state index is -1.37. The van der Waals surface area contributed by atoms with Gasteiger partial charge in [0.05, 0.1) is 28.9 Å². The number of nitrogens with zero attached hydrogens (tertiary/aromatic N) is 2. The van der Waals surface area contributed by atoms with Crippen molar-refractivity contribution in [2.24, 2.45) is 0 Å². The van der Waals surface area contributed by atoms with Gasteiger partial charge in [-0.15, -0.1) is 0 Å². The lowest BCUT2D eigenvalue weighted by atomic mass is 10.0. The summed E-state index contributed by atoms with van der Waals surface area (Å²) >= 11 is 12.4. The maximum atomic E-state index is 12.7. The van der Waals surface area contributed by atoms with E-state index in [0.717, 1.165) is 0 Å². The summed E-state index contributed by atoms with van der Waals surface area (Å²) in [6.07, 6.45) is -0.180. The van der Waals surface area contributed by atoms with Gasteiger partial charge in [0.25, 0.3) is 5.91 Å². The molecule has 0 fully saturated rings. The molecule has 11 heteroatoms. The Morgan fingerprint density at radius 2 is 1.86 bits per heavy atom. The van der Waals surface area contributed by atoms with E-state index in [1.165, 1.54) is 6.20 Å². The van der Waals surface area contributed by atoms with Crippen LogP contribution in [-0.4, -0.2) is 33.7 Å². The summed E-state index contributed by atoms with van der Waals surface area (Å²) in [5.74, 6) is 1.10. The first-order valence-corrected chi connectivity index (χ1v) is 11.5. The highest BCUT2D eigenvalue weighted by Gasteiger charge is 2.27. The van der Waals surface area contributed by atoms with Gasteiger partial charge in [-0.1, -0.05) is 23.2 Å². The average Bonchev–Trinajstić information content (AvgIpc) is 2.85. The van der Waals surface area contributed by atoms with Gasteiger partial charge in [0.2, 0.25) is 0 Å². The number of fused-ring (bicyclic) bond motifs is 2. The quantitative estimate of drug-likeness (QED) is 0.283. The highest BCUT2D eigenvalue weighted by atomic mass is 35.5. The van der Waals surface area contributed by atoms with E-state index in [9.17, 15) is 9.59 Å². The van der Waals surface area contributed by atoms with Crippen molar-refractivity contribution in [2.45, 2.75) is 12.5 Å². The molecule has 1 amide bonds. The van der Waals surface area contributed by atoms with Crippen LogP contribution >= 0.6 is 23.2 Å². The zero-order valence-electron chi connectivity index (χ0n) is 18.4. The van der Waals surface area contributed by atoms with Gasteiger partial charge in [0, 0.05) is 28.6 Å². The molecule has 5 rings (SSSR count). The molecule has 4 aromatic rings. The topological polar surface area (TPSA) is 120 Å². The van der Waals surface area contributed by atoms with Crippen LogP contribution in [0.1, 0.15) is 28.4 Å². The molecule has 9 nitrogen and oxygen atoms in total. The van der Waals surface area contributed by atoms with Gasteiger partial charge in [0.1, 0.15) is 23.4 Å². The number of aromatic nitrogens is 2. The monoisotopic (exact) mass is 525 g/mol. The van der Waals surface area contributed by atoms with Gasteiger partial charge in [-0.25, -0.2) is 9.78 Å². The maximum absolute atomic E-state index is 12.7. The van der Waals surface area contributed by atoms with E-state index in [0.29, 0.717) is 63.3 Å². The molecule has 1 aliphatic heterocycles. The molecule has 1 aliphatic rings.